The molecule has 1 fully saturated rings. The molecule has 2 aliphatic heterocycles. The van der Waals surface area contributed by atoms with Gasteiger partial charge in [-0.2, -0.15) is 0 Å². The molecule has 0 saturated carbocycles. The van der Waals surface area contributed by atoms with Crippen LogP contribution in [0.2, 0.25) is 0 Å². The van der Waals surface area contributed by atoms with Crippen molar-refractivity contribution >= 4 is 40.3 Å². The third-order valence-corrected chi connectivity index (χ3v) is 6.95. The summed E-state index contributed by atoms with van der Waals surface area (Å²) in [6.07, 6.45) is 3.44. The van der Waals surface area contributed by atoms with Crippen LogP contribution in [0.25, 0.3) is 11.0 Å². The van der Waals surface area contributed by atoms with Crippen LogP contribution in [-0.4, -0.2) is 64.7 Å². The predicted octanol–water partition coefficient (Wildman–Crippen LogP) is 2.95. The first-order valence-electron chi connectivity index (χ1n) is 11.1. The van der Waals surface area contributed by atoms with Gasteiger partial charge in [0.25, 0.3) is 5.91 Å². The number of fused-ring (bicyclic) bond motifs is 2. The summed E-state index contributed by atoms with van der Waals surface area (Å²) >= 11 is 1.49. The van der Waals surface area contributed by atoms with Crippen molar-refractivity contribution in [3.8, 4) is 5.88 Å². The van der Waals surface area contributed by atoms with E-state index in [2.05, 4.69) is 25.5 Å². The monoisotopic (exact) mass is 463 g/mol. The van der Waals surface area contributed by atoms with Crippen molar-refractivity contribution < 1.29 is 14.3 Å². The molecule has 0 bridgehead atoms. The quantitative estimate of drug-likeness (QED) is 0.580. The van der Waals surface area contributed by atoms with Gasteiger partial charge in [0.1, 0.15) is 6.61 Å². The number of ether oxygens (including phenoxy) is 1. The van der Waals surface area contributed by atoms with Crippen LogP contribution in [0, 0.1) is 0 Å². The van der Waals surface area contributed by atoms with Crippen molar-refractivity contribution in [1.82, 2.24) is 20.2 Å². The number of nitrogens with one attached hydrogen (secondary N) is 2. The molecule has 2 aromatic carbocycles. The maximum atomic E-state index is 12.7. The third kappa shape index (κ3) is 5.26. The van der Waals surface area contributed by atoms with E-state index in [1.807, 2.05) is 36.4 Å². The van der Waals surface area contributed by atoms with Gasteiger partial charge >= 0.3 is 0 Å². The lowest BCUT2D eigenvalue weighted by molar-refractivity contribution is -0.113. The van der Waals surface area contributed by atoms with Crippen molar-refractivity contribution in [2.45, 2.75) is 23.8 Å². The average molecular weight is 464 g/mol. The Labute approximate surface area is 196 Å². The second kappa shape index (κ2) is 9.76. The Morgan fingerprint density at radius 1 is 1.18 bits per heavy atom. The zero-order valence-electron chi connectivity index (χ0n) is 18.1. The number of carbonyl (C=O) groups is 2. The molecule has 8 nitrogen and oxygen atoms in total. The van der Waals surface area contributed by atoms with E-state index in [0.717, 1.165) is 54.1 Å². The average Bonchev–Trinajstić information content (AvgIpc) is 2.84. The highest BCUT2D eigenvalue weighted by Crippen LogP contribution is 2.32. The Hall–Kier alpha value is -3.17. The molecule has 3 heterocycles. The molecule has 0 atom stereocenters. The van der Waals surface area contributed by atoms with Gasteiger partial charge in [0.15, 0.2) is 0 Å². The standard InChI is InChI=1S/C24H25N5O3S/c30-22-15-33-21-6-5-16(13-20(21)27-22)24(31)26-17-7-9-29(10-8-17)11-12-32-23-14-25-18-3-1-2-4-19(18)28-23/h1-6,13-14,17H,7-12,15H2,(H,26,31)(H,27,30). The lowest BCUT2D eigenvalue weighted by Crippen LogP contribution is -2.45. The Morgan fingerprint density at radius 3 is 2.85 bits per heavy atom. The number of para-hydroxylation sites is 2. The fourth-order valence-corrected chi connectivity index (χ4v) is 4.87. The topological polar surface area (TPSA) is 96.5 Å². The number of rotatable bonds is 6. The normalized spacial score (nSPS) is 16.8. The smallest absolute Gasteiger partial charge is 0.251 e. The number of hydrogen-bond donors (Lipinski definition) is 2. The number of piperidine rings is 1. The molecule has 0 aliphatic carbocycles. The van der Waals surface area contributed by atoms with E-state index >= 15 is 0 Å². The number of likely N-dealkylation sites (tertiary alicyclic amines) is 1. The molecule has 0 unspecified atom stereocenters. The molecule has 170 valence electrons. The van der Waals surface area contributed by atoms with Crippen LogP contribution >= 0.6 is 11.8 Å². The highest BCUT2D eigenvalue weighted by Gasteiger charge is 2.22. The van der Waals surface area contributed by atoms with E-state index in [-0.39, 0.29) is 17.9 Å². The van der Waals surface area contributed by atoms with Crippen molar-refractivity contribution in [3.05, 3.63) is 54.2 Å². The largest absolute Gasteiger partial charge is 0.475 e. The molecule has 1 saturated heterocycles. The molecular weight excluding hydrogens is 438 g/mol. The molecule has 33 heavy (non-hydrogen) atoms. The number of carbonyl (C=O) groups excluding carboxylic acids is 2. The van der Waals surface area contributed by atoms with Crippen molar-refractivity contribution in [3.63, 3.8) is 0 Å². The fraction of sp³-hybridized carbons (Fsp3) is 0.333. The molecule has 5 rings (SSSR count). The Kier molecular flexibility index (Phi) is 6.41. The van der Waals surface area contributed by atoms with Gasteiger partial charge in [-0.3, -0.25) is 14.5 Å². The first-order valence-corrected chi connectivity index (χ1v) is 12.1. The summed E-state index contributed by atoms with van der Waals surface area (Å²) in [6.45, 7) is 3.14. The van der Waals surface area contributed by atoms with E-state index in [4.69, 9.17) is 4.74 Å². The molecule has 2 aliphatic rings. The molecule has 9 heteroatoms. The number of benzene rings is 2. The summed E-state index contributed by atoms with van der Waals surface area (Å²) < 4.78 is 5.80. The predicted molar refractivity (Wildman–Crippen MR) is 128 cm³/mol. The molecule has 2 amide bonds. The highest BCUT2D eigenvalue weighted by atomic mass is 32.2. The number of nitrogens with zero attached hydrogens (tertiary/aromatic N) is 3. The first kappa shape index (κ1) is 21.7. The van der Waals surface area contributed by atoms with E-state index < -0.39 is 0 Å². The zero-order chi connectivity index (χ0) is 22.6. The van der Waals surface area contributed by atoms with Crippen LogP contribution in [-0.2, 0) is 4.79 Å². The van der Waals surface area contributed by atoms with Crippen LogP contribution in [0.5, 0.6) is 5.88 Å². The van der Waals surface area contributed by atoms with Crippen LogP contribution in [0.1, 0.15) is 23.2 Å². The van der Waals surface area contributed by atoms with Crippen molar-refractivity contribution in [2.75, 3.05) is 37.3 Å². The Balaban J connectivity index is 1.07. The van der Waals surface area contributed by atoms with Gasteiger partial charge in [-0.15, -0.1) is 11.8 Å². The summed E-state index contributed by atoms with van der Waals surface area (Å²) in [5.74, 6) is 0.821. The number of thioether (sulfide) groups is 1. The second-order valence-electron chi connectivity index (χ2n) is 8.18. The van der Waals surface area contributed by atoms with Gasteiger partial charge in [-0.05, 0) is 43.2 Å². The highest BCUT2D eigenvalue weighted by molar-refractivity contribution is 8.00. The molecule has 1 aromatic heterocycles. The molecular formula is C24H25N5O3S. The zero-order valence-corrected chi connectivity index (χ0v) is 18.9. The van der Waals surface area contributed by atoms with Crippen molar-refractivity contribution in [1.29, 1.82) is 0 Å². The summed E-state index contributed by atoms with van der Waals surface area (Å²) in [5, 5.41) is 5.98. The second-order valence-corrected chi connectivity index (χ2v) is 9.20. The minimum absolute atomic E-state index is 0.0333. The van der Waals surface area contributed by atoms with Crippen LogP contribution in [0.4, 0.5) is 5.69 Å². The maximum absolute atomic E-state index is 12.7. The Bertz CT molecular complexity index is 1180. The number of hydrogen-bond acceptors (Lipinski definition) is 7. The van der Waals surface area contributed by atoms with Gasteiger partial charge in [0.05, 0.1) is 28.7 Å². The number of anilines is 1. The van der Waals surface area contributed by atoms with Gasteiger partial charge < -0.3 is 15.4 Å². The van der Waals surface area contributed by atoms with Crippen LogP contribution in [0.15, 0.2) is 53.6 Å². The minimum atomic E-state index is -0.0979. The summed E-state index contributed by atoms with van der Waals surface area (Å²) in [4.78, 5) is 36.5. The SMILES string of the molecule is O=C1CSc2ccc(C(=O)NC3CCN(CCOc4cnc5ccccc5n4)CC3)cc2N1. The van der Waals surface area contributed by atoms with Crippen molar-refractivity contribution in [2.24, 2.45) is 0 Å². The number of amides is 2. The lowest BCUT2D eigenvalue weighted by atomic mass is 10.0. The molecule has 2 N–H and O–H groups in total. The molecule has 0 radical (unpaired) electrons. The van der Waals surface area contributed by atoms with E-state index in [1.54, 1.807) is 12.3 Å². The molecule has 0 spiro atoms. The summed E-state index contributed by atoms with van der Waals surface area (Å²) in [6, 6.07) is 13.3. The van der Waals surface area contributed by atoms with Crippen LogP contribution in [0.3, 0.4) is 0 Å². The fourth-order valence-electron chi connectivity index (χ4n) is 4.08. The lowest BCUT2D eigenvalue weighted by Gasteiger charge is -2.32. The third-order valence-electron chi connectivity index (χ3n) is 5.88. The molecule has 3 aromatic rings. The summed E-state index contributed by atoms with van der Waals surface area (Å²) in [7, 11) is 0. The van der Waals surface area contributed by atoms with Gasteiger partial charge in [-0.25, -0.2) is 9.97 Å². The van der Waals surface area contributed by atoms with Gasteiger partial charge in [0.2, 0.25) is 11.8 Å². The Morgan fingerprint density at radius 2 is 2.00 bits per heavy atom. The van der Waals surface area contributed by atoms with Crippen LogP contribution < -0.4 is 15.4 Å². The summed E-state index contributed by atoms with van der Waals surface area (Å²) in [5.41, 5.74) is 2.97. The van der Waals surface area contributed by atoms with Gasteiger partial charge in [0, 0.05) is 36.1 Å². The number of aromatic nitrogens is 2. The van der Waals surface area contributed by atoms with E-state index in [0.29, 0.717) is 23.8 Å². The minimum Gasteiger partial charge on any atom is -0.475 e. The first-order chi connectivity index (χ1) is 16.1. The van der Waals surface area contributed by atoms with Gasteiger partial charge in [-0.1, -0.05) is 12.1 Å². The maximum Gasteiger partial charge on any atom is 0.251 e. The van der Waals surface area contributed by atoms with E-state index in [9.17, 15) is 9.59 Å². The van der Waals surface area contributed by atoms with E-state index in [1.165, 1.54) is 11.8 Å².